The van der Waals surface area contributed by atoms with Crippen LogP contribution in [0.1, 0.15) is 5.56 Å². The summed E-state index contributed by atoms with van der Waals surface area (Å²) in [6, 6.07) is 7.24. The lowest BCUT2D eigenvalue weighted by atomic mass is 10.1. The van der Waals surface area contributed by atoms with Crippen LogP contribution in [-0.4, -0.2) is 37.5 Å². The van der Waals surface area contributed by atoms with Gasteiger partial charge in [-0.05, 0) is 18.2 Å². The Bertz CT molecular complexity index is 445. The quantitative estimate of drug-likeness (QED) is 0.865. The summed E-state index contributed by atoms with van der Waals surface area (Å²) in [6.45, 7) is 1.75. The number of ether oxygens (including phenoxy) is 1. The first-order valence-corrected chi connectivity index (χ1v) is 5.79. The molecule has 1 N–H and O–H groups in total. The molecule has 1 unspecified atom stereocenters. The summed E-state index contributed by atoms with van der Waals surface area (Å²) in [7, 11) is 0. The summed E-state index contributed by atoms with van der Waals surface area (Å²) in [5.41, 5.74) is 1.33. The molecule has 4 nitrogen and oxygen atoms in total. The van der Waals surface area contributed by atoms with Gasteiger partial charge in [0.2, 0.25) is 0 Å². The first kappa shape index (κ1) is 12.2. The van der Waals surface area contributed by atoms with E-state index in [-0.39, 0.29) is 12.6 Å². The van der Waals surface area contributed by atoms with Crippen LogP contribution < -0.4 is 4.90 Å². The number of anilines is 1. The molecule has 17 heavy (non-hydrogen) atoms. The molecule has 0 radical (unpaired) electrons. The Morgan fingerprint density at radius 1 is 1.59 bits per heavy atom. The van der Waals surface area contributed by atoms with Crippen LogP contribution in [-0.2, 0) is 4.74 Å². The van der Waals surface area contributed by atoms with Gasteiger partial charge in [0.15, 0.2) is 0 Å². The zero-order chi connectivity index (χ0) is 12.3. The van der Waals surface area contributed by atoms with Gasteiger partial charge in [-0.15, -0.1) is 0 Å². The predicted molar refractivity (Wildman–Crippen MR) is 65.2 cm³/mol. The molecule has 1 aliphatic heterocycles. The lowest BCUT2D eigenvalue weighted by Gasteiger charge is -2.36. The fourth-order valence-electron chi connectivity index (χ4n) is 1.97. The van der Waals surface area contributed by atoms with Crippen LogP contribution in [0.15, 0.2) is 18.2 Å². The van der Waals surface area contributed by atoms with E-state index in [0.717, 1.165) is 5.69 Å². The van der Waals surface area contributed by atoms with Gasteiger partial charge in [0.05, 0.1) is 37.1 Å². The van der Waals surface area contributed by atoms with Crippen molar-refractivity contribution in [2.75, 3.05) is 31.3 Å². The van der Waals surface area contributed by atoms with E-state index in [2.05, 4.69) is 6.07 Å². The highest BCUT2D eigenvalue weighted by molar-refractivity contribution is 6.30. The maximum Gasteiger partial charge on any atom is 0.101 e. The largest absolute Gasteiger partial charge is 0.394 e. The second kappa shape index (κ2) is 5.37. The Morgan fingerprint density at radius 2 is 2.41 bits per heavy atom. The molecule has 1 heterocycles. The molecule has 1 aromatic rings. The maximum atomic E-state index is 9.31. The molecular formula is C12H13ClN2O2. The Kier molecular flexibility index (Phi) is 3.85. The van der Waals surface area contributed by atoms with Gasteiger partial charge in [-0.2, -0.15) is 5.26 Å². The van der Waals surface area contributed by atoms with Crippen molar-refractivity contribution in [1.82, 2.24) is 0 Å². The van der Waals surface area contributed by atoms with Crippen molar-refractivity contribution >= 4 is 17.3 Å². The van der Waals surface area contributed by atoms with E-state index in [0.29, 0.717) is 30.3 Å². The molecule has 2 rings (SSSR count). The van der Waals surface area contributed by atoms with Crippen molar-refractivity contribution in [1.29, 1.82) is 5.26 Å². The third kappa shape index (κ3) is 2.52. The lowest BCUT2D eigenvalue weighted by molar-refractivity contribution is 0.0727. The second-order valence-corrected chi connectivity index (χ2v) is 4.31. The average molecular weight is 253 g/mol. The topological polar surface area (TPSA) is 56.5 Å². The second-order valence-electron chi connectivity index (χ2n) is 3.88. The van der Waals surface area contributed by atoms with E-state index in [4.69, 9.17) is 21.6 Å². The number of nitrogens with zero attached hydrogens (tertiary/aromatic N) is 2. The van der Waals surface area contributed by atoms with Crippen LogP contribution in [0.25, 0.3) is 0 Å². The summed E-state index contributed by atoms with van der Waals surface area (Å²) in [4.78, 5) is 2.00. The number of benzene rings is 1. The molecular weight excluding hydrogens is 240 g/mol. The highest BCUT2D eigenvalue weighted by atomic mass is 35.5. The van der Waals surface area contributed by atoms with Crippen molar-refractivity contribution in [3.8, 4) is 6.07 Å². The first-order valence-electron chi connectivity index (χ1n) is 5.41. The Balaban J connectivity index is 2.35. The van der Waals surface area contributed by atoms with Gasteiger partial charge in [0.1, 0.15) is 6.07 Å². The molecule has 0 amide bonds. The number of morpholine rings is 1. The third-order valence-corrected chi connectivity index (χ3v) is 3.06. The molecule has 1 saturated heterocycles. The summed E-state index contributed by atoms with van der Waals surface area (Å²) >= 11 is 5.86. The van der Waals surface area contributed by atoms with Crippen LogP contribution in [0.2, 0.25) is 5.02 Å². The van der Waals surface area contributed by atoms with Gasteiger partial charge < -0.3 is 14.7 Å². The molecule has 0 spiro atoms. The van der Waals surface area contributed by atoms with Crippen molar-refractivity contribution in [3.05, 3.63) is 28.8 Å². The van der Waals surface area contributed by atoms with E-state index < -0.39 is 0 Å². The molecule has 1 fully saturated rings. The molecule has 1 aromatic carbocycles. The van der Waals surface area contributed by atoms with Crippen molar-refractivity contribution in [2.24, 2.45) is 0 Å². The SMILES string of the molecule is N#Cc1cc(Cl)ccc1N1CCOCC1CO. The van der Waals surface area contributed by atoms with Gasteiger partial charge in [-0.1, -0.05) is 11.6 Å². The number of halogens is 1. The van der Waals surface area contributed by atoms with E-state index in [9.17, 15) is 5.11 Å². The van der Waals surface area contributed by atoms with Gasteiger partial charge >= 0.3 is 0 Å². The number of hydrogen-bond donors (Lipinski definition) is 1. The molecule has 90 valence electrons. The van der Waals surface area contributed by atoms with E-state index >= 15 is 0 Å². The Morgan fingerprint density at radius 3 is 3.12 bits per heavy atom. The van der Waals surface area contributed by atoms with E-state index in [1.54, 1.807) is 12.1 Å². The molecule has 0 aliphatic carbocycles. The fourth-order valence-corrected chi connectivity index (χ4v) is 2.14. The average Bonchev–Trinajstić information content (AvgIpc) is 2.38. The number of aliphatic hydroxyl groups is 1. The van der Waals surface area contributed by atoms with Gasteiger partial charge in [-0.3, -0.25) is 0 Å². The molecule has 0 saturated carbocycles. The van der Waals surface area contributed by atoms with Gasteiger partial charge in [0, 0.05) is 11.6 Å². The maximum absolute atomic E-state index is 9.31. The molecule has 0 bridgehead atoms. The van der Waals surface area contributed by atoms with Crippen LogP contribution in [0, 0.1) is 11.3 Å². The Hall–Kier alpha value is -1.28. The van der Waals surface area contributed by atoms with E-state index in [1.807, 2.05) is 11.0 Å². The molecule has 5 heteroatoms. The van der Waals surface area contributed by atoms with Crippen LogP contribution in [0.3, 0.4) is 0 Å². The highest BCUT2D eigenvalue weighted by Gasteiger charge is 2.24. The van der Waals surface area contributed by atoms with E-state index in [1.165, 1.54) is 0 Å². The number of rotatable bonds is 2. The van der Waals surface area contributed by atoms with Crippen molar-refractivity contribution < 1.29 is 9.84 Å². The molecule has 1 atom stereocenters. The predicted octanol–water partition coefficient (Wildman–Crippen LogP) is 1.41. The van der Waals surface area contributed by atoms with Gasteiger partial charge in [-0.25, -0.2) is 0 Å². The number of nitriles is 1. The monoisotopic (exact) mass is 252 g/mol. The zero-order valence-corrected chi connectivity index (χ0v) is 10.0. The standard InChI is InChI=1S/C12H13ClN2O2/c13-10-1-2-12(9(5-10)6-14)15-3-4-17-8-11(15)7-16/h1-2,5,11,16H,3-4,7-8H2. The summed E-state index contributed by atoms with van der Waals surface area (Å²) < 4.78 is 5.31. The van der Waals surface area contributed by atoms with Crippen molar-refractivity contribution in [2.45, 2.75) is 6.04 Å². The van der Waals surface area contributed by atoms with Crippen LogP contribution in [0.5, 0.6) is 0 Å². The first-order chi connectivity index (χ1) is 8.26. The van der Waals surface area contributed by atoms with Gasteiger partial charge in [0.25, 0.3) is 0 Å². The zero-order valence-electron chi connectivity index (χ0n) is 9.27. The van der Waals surface area contributed by atoms with Crippen LogP contribution >= 0.6 is 11.6 Å². The smallest absolute Gasteiger partial charge is 0.101 e. The number of hydrogen-bond acceptors (Lipinski definition) is 4. The Labute approximate surface area is 105 Å². The normalized spacial score (nSPS) is 20.1. The summed E-state index contributed by atoms with van der Waals surface area (Å²) in [6.07, 6.45) is 0. The number of aliphatic hydroxyl groups excluding tert-OH is 1. The van der Waals surface area contributed by atoms with Crippen LogP contribution in [0.4, 0.5) is 5.69 Å². The third-order valence-electron chi connectivity index (χ3n) is 2.83. The minimum absolute atomic E-state index is 0.00744. The van der Waals surface area contributed by atoms with Crippen molar-refractivity contribution in [3.63, 3.8) is 0 Å². The summed E-state index contributed by atoms with van der Waals surface area (Å²) in [5, 5.41) is 19.0. The summed E-state index contributed by atoms with van der Waals surface area (Å²) in [5.74, 6) is 0. The molecule has 0 aromatic heterocycles. The molecule has 1 aliphatic rings. The fraction of sp³-hybridized carbons (Fsp3) is 0.417. The lowest BCUT2D eigenvalue weighted by Crippen LogP contribution is -2.48. The minimum Gasteiger partial charge on any atom is -0.394 e. The minimum atomic E-state index is -0.1000. The highest BCUT2D eigenvalue weighted by Crippen LogP contribution is 2.26.